The van der Waals surface area contributed by atoms with Crippen LogP contribution < -0.4 is 4.74 Å². The van der Waals surface area contributed by atoms with Gasteiger partial charge in [-0.25, -0.2) is 4.79 Å². The van der Waals surface area contributed by atoms with Crippen LogP contribution in [-0.4, -0.2) is 22.7 Å². The van der Waals surface area contributed by atoms with E-state index in [2.05, 4.69) is 4.98 Å². The number of aromatic nitrogens is 1. The normalized spacial score (nSPS) is 9.96. The van der Waals surface area contributed by atoms with Crippen molar-refractivity contribution in [2.45, 2.75) is 6.92 Å². The van der Waals surface area contributed by atoms with Gasteiger partial charge in [0.2, 0.25) is 0 Å². The lowest BCUT2D eigenvalue weighted by atomic mass is 10.0. The third-order valence-corrected chi connectivity index (χ3v) is 3.71. The Morgan fingerprint density at radius 1 is 0.920 bits per heavy atom. The Kier molecular flexibility index (Phi) is 6.14. The number of pyridine rings is 1. The van der Waals surface area contributed by atoms with Gasteiger partial charge < -0.3 is 9.84 Å². The lowest BCUT2D eigenvalue weighted by Gasteiger charge is -2.07. The molecule has 3 rings (SSSR count). The summed E-state index contributed by atoms with van der Waals surface area (Å²) in [5, 5.41) is 8.95. The maximum absolute atomic E-state index is 10.9. The van der Waals surface area contributed by atoms with Gasteiger partial charge in [-0.05, 0) is 41.8 Å². The van der Waals surface area contributed by atoms with Crippen LogP contribution in [-0.2, 0) is 0 Å². The highest BCUT2D eigenvalue weighted by molar-refractivity contribution is 5.88. The second-order valence-corrected chi connectivity index (χ2v) is 5.30. The van der Waals surface area contributed by atoms with Gasteiger partial charge in [-0.15, -0.1) is 12.4 Å². The van der Waals surface area contributed by atoms with E-state index in [1.807, 2.05) is 49.4 Å². The van der Waals surface area contributed by atoms with Crippen molar-refractivity contribution >= 4 is 18.4 Å². The monoisotopic (exact) mass is 355 g/mol. The van der Waals surface area contributed by atoms with Crippen LogP contribution in [0.25, 0.3) is 22.3 Å². The average Bonchev–Trinajstić information content (AvgIpc) is 2.62. The molecule has 0 atom stereocenters. The smallest absolute Gasteiger partial charge is 0.335 e. The summed E-state index contributed by atoms with van der Waals surface area (Å²) in [5.74, 6) is -0.165. The van der Waals surface area contributed by atoms with Gasteiger partial charge in [0.15, 0.2) is 0 Å². The van der Waals surface area contributed by atoms with E-state index in [-0.39, 0.29) is 18.0 Å². The van der Waals surface area contributed by atoms with Gasteiger partial charge in [0.25, 0.3) is 0 Å². The van der Waals surface area contributed by atoms with Crippen LogP contribution in [0.15, 0.2) is 67.0 Å². The molecule has 0 saturated heterocycles. The highest BCUT2D eigenvalue weighted by Gasteiger charge is 2.05. The van der Waals surface area contributed by atoms with Gasteiger partial charge in [0.05, 0.1) is 18.4 Å². The summed E-state index contributed by atoms with van der Waals surface area (Å²) in [6.07, 6.45) is 3.50. The van der Waals surface area contributed by atoms with Gasteiger partial charge in [-0.1, -0.05) is 36.4 Å². The van der Waals surface area contributed by atoms with E-state index in [9.17, 15) is 4.79 Å². The molecule has 0 spiro atoms. The van der Waals surface area contributed by atoms with Crippen LogP contribution in [0.4, 0.5) is 0 Å². The van der Waals surface area contributed by atoms with E-state index >= 15 is 0 Å². The SMILES string of the molecule is CCOc1cncc(-c2ccc(-c3ccc(C(=O)O)cc3)cc2)c1.Cl. The number of aromatic carboxylic acids is 1. The third kappa shape index (κ3) is 4.37. The number of halogens is 1. The molecular weight excluding hydrogens is 338 g/mol. The van der Waals surface area contributed by atoms with Crippen molar-refractivity contribution in [3.8, 4) is 28.0 Å². The fourth-order valence-corrected chi connectivity index (χ4v) is 2.48. The number of rotatable bonds is 5. The molecule has 0 aliphatic heterocycles. The van der Waals surface area contributed by atoms with Crippen LogP contribution >= 0.6 is 12.4 Å². The highest BCUT2D eigenvalue weighted by atomic mass is 35.5. The number of nitrogens with zero attached hydrogens (tertiary/aromatic N) is 1. The van der Waals surface area contributed by atoms with Crippen LogP contribution in [0.3, 0.4) is 0 Å². The number of hydrogen-bond acceptors (Lipinski definition) is 3. The first kappa shape index (κ1) is 18.5. The average molecular weight is 356 g/mol. The summed E-state index contributed by atoms with van der Waals surface area (Å²) in [6, 6.07) is 16.9. The number of ether oxygens (including phenoxy) is 1. The quantitative estimate of drug-likeness (QED) is 0.704. The van der Waals surface area contributed by atoms with Crippen molar-refractivity contribution in [3.05, 3.63) is 72.6 Å². The number of carbonyl (C=O) groups is 1. The molecule has 0 radical (unpaired) electrons. The van der Waals surface area contributed by atoms with Crippen LogP contribution in [0, 0.1) is 0 Å². The van der Waals surface area contributed by atoms with E-state index in [0.717, 1.165) is 28.0 Å². The van der Waals surface area contributed by atoms with E-state index in [1.54, 1.807) is 24.5 Å². The number of carboxylic acid groups (broad SMARTS) is 1. The Morgan fingerprint density at radius 2 is 1.44 bits per heavy atom. The van der Waals surface area contributed by atoms with Crippen LogP contribution in [0.2, 0.25) is 0 Å². The Balaban J connectivity index is 0.00000225. The fraction of sp³-hybridized carbons (Fsp3) is 0.100. The Morgan fingerprint density at radius 3 is 1.96 bits per heavy atom. The molecule has 4 nitrogen and oxygen atoms in total. The van der Waals surface area contributed by atoms with E-state index < -0.39 is 5.97 Å². The minimum Gasteiger partial charge on any atom is -0.492 e. The standard InChI is InChI=1S/C20H17NO3.ClH/c1-2-24-19-11-18(12-21-13-19)16-5-3-14(4-6-16)15-7-9-17(10-8-15)20(22)23;/h3-13H,2H2,1H3,(H,22,23);1H. The molecule has 1 aromatic heterocycles. The summed E-state index contributed by atoms with van der Waals surface area (Å²) in [6.45, 7) is 2.55. The maximum atomic E-state index is 10.9. The van der Waals surface area contributed by atoms with Crippen molar-refractivity contribution in [1.29, 1.82) is 0 Å². The predicted octanol–water partition coefficient (Wildman–Crippen LogP) is 4.93. The summed E-state index contributed by atoms with van der Waals surface area (Å²) in [5.41, 5.74) is 4.34. The number of benzene rings is 2. The largest absolute Gasteiger partial charge is 0.492 e. The molecular formula is C20H18ClNO3. The number of carboxylic acids is 1. The van der Waals surface area contributed by atoms with E-state index in [1.165, 1.54) is 0 Å². The molecule has 1 heterocycles. The summed E-state index contributed by atoms with van der Waals surface area (Å²) in [7, 11) is 0. The van der Waals surface area contributed by atoms with Crippen LogP contribution in [0.1, 0.15) is 17.3 Å². The molecule has 3 aromatic rings. The van der Waals surface area contributed by atoms with Gasteiger partial charge in [-0.3, -0.25) is 4.98 Å². The van der Waals surface area contributed by atoms with Gasteiger partial charge in [-0.2, -0.15) is 0 Å². The first-order valence-corrected chi connectivity index (χ1v) is 7.69. The van der Waals surface area contributed by atoms with Crippen molar-refractivity contribution in [2.24, 2.45) is 0 Å². The van der Waals surface area contributed by atoms with Crippen LogP contribution in [0.5, 0.6) is 5.75 Å². The maximum Gasteiger partial charge on any atom is 0.335 e. The summed E-state index contributed by atoms with van der Waals surface area (Å²) >= 11 is 0. The minimum atomic E-state index is -0.918. The molecule has 0 unspecified atom stereocenters. The molecule has 0 saturated carbocycles. The van der Waals surface area contributed by atoms with E-state index in [4.69, 9.17) is 9.84 Å². The second kappa shape index (κ2) is 8.31. The molecule has 128 valence electrons. The third-order valence-electron chi connectivity index (χ3n) is 3.71. The topological polar surface area (TPSA) is 59.4 Å². The minimum absolute atomic E-state index is 0. The lowest BCUT2D eigenvalue weighted by molar-refractivity contribution is 0.0697. The number of hydrogen-bond donors (Lipinski definition) is 1. The van der Waals surface area contributed by atoms with Crippen molar-refractivity contribution in [1.82, 2.24) is 4.98 Å². The summed E-state index contributed by atoms with van der Waals surface area (Å²) < 4.78 is 5.48. The zero-order valence-corrected chi connectivity index (χ0v) is 14.5. The molecule has 1 N–H and O–H groups in total. The molecule has 25 heavy (non-hydrogen) atoms. The molecule has 0 aliphatic rings. The Labute approximate surface area is 152 Å². The van der Waals surface area contributed by atoms with Crippen molar-refractivity contribution in [3.63, 3.8) is 0 Å². The van der Waals surface area contributed by atoms with Gasteiger partial charge >= 0.3 is 5.97 Å². The van der Waals surface area contributed by atoms with E-state index in [0.29, 0.717) is 6.61 Å². The first-order valence-electron chi connectivity index (χ1n) is 7.69. The summed E-state index contributed by atoms with van der Waals surface area (Å²) in [4.78, 5) is 15.1. The Hall–Kier alpha value is -2.85. The molecule has 0 bridgehead atoms. The molecule has 0 amide bonds. The van der Waals surface area contributed by atoms with Crippen molar-refractivity contribution < 1.29 is 14.6 Å². The van der Waals surface area contributed by atoms with Gasteiger partial charge in [0.1, 0.15) is 5.75 Å². The second-order valence-electron chi connectivity index (χ2n) is 5.30. The fourth-order valence-electron chi connectivity index (χ4n) is 2.48. The first-order chi connectivity index (χ1) is 11.7. The molecule has 0 aliphatic carbocycles. The molecule has 2 aromatic carbocycles. The Bertz CT molecular complexity index is 846. The zero-order valence-electron chi connectivity index (χ0n) is 13.7. The molecule has 5 heteroatoms. The van der Waals surface area contributed by atoms with Gasteiger partial charge in [0, 0.05) is 11.8 Å². The highest BCUT2D eigenvalue weighted by Crippen LogP contribution is 2.26. The lowest BCUT2D eigenvalue weighted by Crippen LogP contribution is -1.94. The molecule has 0 fully saturated rings. The van der Waals surface area contributed by atoms with Crippen molar-refractivity contribution in [2.75, 3.05) is 6.61 Å². The predicted molar refractivity (Wildman–Crippen MR) is 100 cm³/mol. The zero-order chi connectivity index (χ0) is 16.9.